The zero-order valence-electron chi connectivity index (χ0n) is 19.2. The minimum absolute atomic E-state index is 0.0184. The summed E-state index contributed by atoms with van der Waals surface area (Å²) in [5.41, 5.74) is 4.20. The Labute approximate surface area is 197 Å². The zero-order chi connectivity index (χ0) is 23.8. The number of H-pyrrole nitrogens is 1. The summed E-state index contributed by atoms with van der Waals surface area (Å²) in [6.07, 6.45) is 6.16. The zero-order valence-corrected chi connectivity index (χ0v) is 19.2. The fourth-order valence-electron chi connectivity index (χ4n) is 5.21. The third-order valence-electron chi connectivity index (χ3n) is 6.99. The Morgan fingerprint density at radius 3 is 2.68 bits per heavy atom. The molecule has 8 nitrogen and oxygen atoms in total. The van der Waals surface area contributed by atoms with E-state index in [0.717, 1.165) is 56.3 Å². The van der Waals surface area contributed by atoms with Crippen LogP contribution in [0.3, 0.4) is 0 Å². The van der Waals surface area contributed by atoms with Crippen LogP contribution in [0.5, 0.6) is 0 Å². The maximum atomic E-state index is 14.2. The molecule has 3 amide bonds. The van der Waals surface area contributed by atoms with E-state index < -0.39 is 11.7 Å². The fraction of sp³-hybridized carbons (Fsp3) is 0.400. The number of hydrogen-bond donors (Lipinski definition) is 3. The van der Waals surface area contributed by atoms with Crippen LogP contribution in [-0.4, -0.2) is 65.7 Å². The van der Waals surface area contributed by atoms with Crippen LogP contribution in [0.2, 0.25) is 0 Å². The van der Waals surface area contributed by atoms with Gasteiger partial charge in [-0.15, -0.1) is 0 Å². The van der Waals surface area contributed by atoms with Gasteiger partial charge >= 0.3 is 0 Å². The van der Waals surface area contributed by atoms with E-state index in [4.69, 9.17) is 0 Å². The predicted molar refractivity (Wildman–Crippen MR) is 128 cm³/mol. The van der Waals surface area contributed by atoms with Crippen LogP contribution in [0.15, 0.2) is 12.1 Å². The normalized spacial score (nSPS) is 19.2. The highest BCUT2D eigenvalue weighted by atomic mass is 19.1. The molecule has 9 heteroatoms. The lowest BCUT2D eigenvalue weighted by Gasteiger charge is -2.24. The van der Waals surface area contributed by atoms with E-state index in [1.807, 2.05) is 11.8 Å². The maximum Gasteiger partial charge on any atom is 0.256 e. The predicted octanol–water partition coefficient (Wildman–Crippen LogP) is 3.01. The largest absolute Gasteiger partial charge is 0.358 e. The first-order valence-electron chi connectivity index (χ1n) is 11.8. The first kappa shape index (κ1) is 22.3. The Hall–Kier alpha value is -3.46. The SMILES string of the molecule is Cc1c(/C=C2\C(=O)Nc3c(NC=O)cc(F)cc32)[nH]c2c1C(=O)N(CCN1CCCC1)CCC2. The van der Waals surface area contributed by atoms with Crippen LogP contribution < -0.4 is 10.6 Å². The number of carbonyl (C=O) groups is 3. The van der Waals surface area contributed by atoms with Gasteiger partial charge in [0.1, 0.15) is 5.82 Å². The van der Waals surface area contributed by atoms with Crippen molar-refractivity contribution in [3.63, 3.8) is 0 Å². The van der Waals surface area contributed by atoms with Crippen LogP contribution in [0, 0.1) is 12.7 Å². The fourth-order valence-corrected chi connectivity index (χ4v) is 5.21. The van der Waals surface area contributed by atoms with E-state index >= 15 is 0 Å². The number of benzene rings is 1. The topological polar surface area (TPSA) is 97.5 Å². The van der Waals surface area contributed by atoms with Crippen molar-refractivity contribution in [2.24, 2.45) is 0 Å². The van der Waals surface area contributed by atoms with Gasteiger partial charge in [-0.3, -0.25) is 14.4 Å². The van der Waals surface area contributed by atoms with Crippen molar-refractivity contribution in [1.82, 2.24) is 14.8 Å². The smallest absolute Gasteiger partial charge is 0.256 e. The number of aromatic amines is 1. The van der Waals surface area contributed by atoms with Gasteiger partial charge in [-0.25, -0.2) is 4.39 Å². The second kappa shape index (κ2) is 9.06. The van der Waals surface area contributed by atoms with E-state index in [0.29, 0.717) is 35.5 Å². The van der Waals surface area contributed by atoms with Gasteiger partial charge in [-0.2, -0.15) is 0 Å². The number of aryl methyl sites for hydroxylation is 1. The Kier molecular flexibility index (Phi) is 5.95. The van der Waals surface area contributed by atoms with Crippen LogP contribution in [0.1, 0.15) is 52.1 Å². The molecule has 0 radical (unpaired) electrons. The summed E-state index contributed by atoms with van der Waals surface area (Å²) in [6, 6.07) is 2.43. The standard InChI is InChI=1S/C25H28FN5O3/c1-15-20(13-18-17-11-16(26)12-21(27-14-32)23(17)29-24(18)33)28-19-5-4-8-31(25(34)22(15)19)10-9-30-6-2-3-7-30/h11-14,28H,2-10H2,1H3,(H,27,32)(H,29,33)/b18-13-. The summed E-state index contributed by atoms with van der Waals surface area (Å²) >= 11 is 0. The summed E-state index contributed by atoms with van der Waals surface area (Å²) in [5, 5.41) is 5.14. The van der Waals surface area contributed by atoms with Crippen molar-refractivity contribution < 1.29 is 18.8 Å². The van der Waals surface area contributed by atoms with Crippen molar-refractivity contribution in [2.45, 2.75) is 32.6 Å². The second-order valence-corrected chi connectivity index (χ2v) is 9.11. The van der Waals surface area contributed by atoms with E-state index in [-0.39, 0.29) is 17.2 Å². The average molecular weight is 466 g/mol. The summed E-state index contributed by atoms with van der Waals surface area (Å²) < 4.78 is 14.2. The van der Waals surface area contributed by atoms with Gasteiger partial charge in [-0.05, 0) is 69.5 Å². The molecule has 1 aromatic heterocycles. The minimum atomic E-state index is -0.562. The van der Waals surface area contributed by atoms with Crippen molar-refractivity contribution in [2.75, 3.05) is 43.4 Å². The molecular weight excluding hydrogens is 437 g/mol. The lowest BCUT2D eigenvalue weighted by Crippen LogP contribution is -2.38. The number of aromatic nitrogens is 1. The van der Waals surface area contributed by atoms with Gasteiger partial charge in [-0.1, -0.05) is 0 Å². The highest BCUT2D eigenvalue weighted by Gasteiger charge is 2.31. The number of amides is 3. The maximum absolute atomic E-state index is 14.2. The third kappa shape index (κ3) is 4.00. The molecule has 0 aliphatic carbocycles. The molecule has 0 saturated carbocycles. The average Bonchev–Trinajstić information content (AvgIpc) is 3.48. The van der Waals surface area contributed by atoms with Crippen LogP contribution >= 0.6 is 0 Å². The van der Waals surface area contributed by atoms with Crippen LogP contribution in [0.25, 0.3) is 11.6 Å². The molecule has 5 rings (SSSR count). The van der Waals surface area contributed by atoms with Gasteiger partial charge < -0.3 is 25.4 Å². The molecule has 3 aliphatic rings. The summed E-state index contributed by atoms with van der Waals surface area (Å²) in [5.74, 6) is -0.935. The molecule has 0 bridgehead atoms. The van der Waals surface area contributed by atoms with Crippen molar-refractivity contribution in [3.05, 3.63) is 46.0 Å². The summed E-state index contributed by atoms with van der Waals surface area (Å²) in [7, 11) is 0. The molecule has 34 heavy (non-hydrogen) atoms. The molecule has 0 unspecified atom stereocenters. The molecule has 178 valence electrons. The molecule has 1 fully saturated rings. The van der Waals surface area contributed by atoms with Crippen molar-refractivity contribution >= 4 is 41.2 Å². The van der Waals surface area contributed by atoms with Gasteiger partial charge in [0.15, 0.2) is 0 Å². The summed E-state index contributed by atoms with van der Waals surface area (Å²) in [6.45, 7) is 6.40. The number of carbonyl (C=O) groups excluding carboxylic acids is 3. The van der Waals surface area contributed by atoms with Crippen molar-refractivity contribution in [1.29, 1.82) is 0 Å². The number of anilines is 2. The first-order chi connectivity index (χ1) is 16.5. The quantitative estimate of drug-likeness (QED) is 0.451. The molecule has 1 saturated heterocycles. The number of nitrogens with zero attached hydrogens (tertiary/aromatic N) is 2. The van der Waals surface area contributed by atoms with Gasteiger partial charge in [0.05, 0.1) is 22.5 Å². The van der Waals surface area contributed by atoms with E-state index in [9.17, 15) is 18.8 Å². The first-order valence-corrected chi connectivity index (χ1v) is 11.8. The molecule has 3 aliphatic heterocycles. The molecule has 2 aromatic rings. The van der Waals surface area contributed by atoms with Crippen LogP contribution in [-0.2, 0) is 16.0 Å². The van der Waals surface area contributed by atoms with Gasteiger partial charge in [0.2, 0.25) is 6.41 Å². The third-order valence-corrected chi connectivity index (χ3v) is 6.99. The lowest BCUT2D eigenvalue weighted by atomic mass is 10.0. The number of hydrogen-bond acceptors (Lipinski definition) is 4. The number of likely N-dealkylation sites (tertiary alicyclic amines) is 1. The van der Waals surface area contributed by atoms with E-state index in [1.165, 1.54) is 18.9 Å². The molecule has 0 atom stereocenters. The van der Waals surface area contributed by atoms with E-state index in [1.54, 1.807) is 6.08 Å². The Morgan fingerprint density at radius 2 is 1.91 bits per heavy atom. The lowest BCUT2D eigenvalue weighted by molar-refractivity contribution is -0.110. The summed E-state index contributed by atoms with van der Waals surface area (Å²) in [4.78, 5) is 44.7. The highest BCUT2D eigenvalue weighted by Crippen LogP contribution is 2.39. The molecule has 4 heterocycles. The van der Waals surface area contributed by atoms with Gasteiger partial charge in [0, 0.05) is 36.6 Å². The van der Waals surface area contributed by atoms with E-state index in [2.05, 4.69) is 20.5 Å². The monoisotopic (exact) mass is 465 g/mol. The minimum Gasteiger partial charge on any atom is -0.358 e. The molecule has 0 spiro atoms. The Morgan fingerprint density at radius 1 is 1.12 bits per heavy atom. The number of fused-ring (bicyclic) bond motifs is 2. The number of rotatable bonds is 6. The molecule has 1 aromatic carbocycles. The number of halogens is 1. The molecule has 3 N–H and O–H groups in total. The Bertz CT molecular complexity index is 1200. The Balaban J connectivity index is 1.46. The van der Waals surface area contributed by atoms with Gasteiger partial charge in [0.25, 0.3) is 11.8 Å². The number of nitrogens with one attached hydrogen (secondary N) is 3. The molecular formula is C25H28FN5O3. The highest BCUT2D eigenvalue weighted by molar-refractivity contribution is 6.36. The van der Waals surface area contributed by atoms with Crippen molar-refractivity contribution in [3.8, 4) is 0 Å². The second-order valence-electron chi connectivity index (χ2n) is 9.11. The van der Waals surface area contributed by atoms with Crippen LogP contribution in [0.4, 0.5) is 15.8 Å².